The van der Waals surface area contributed by atoms with Crippen LogP contribution in [-0.2, 0) is 14.3 Å². The maximum atomic E-state index is 12.5. The summed E-state index contributed by atoms with van der Waals surface area (Å²) in [6.45, 7) is 11.5. The van der Waals surface area contributed by atoms with Gasteiger partial charge in [-0.05, 0) is 44.4 Å². The molecule has 0 aromatic rings. The molecule has 4 rings (SSSR count). The molecule has 7 atom stereocenters. The van der Waals surface area contributed by atoms with Gasteiger partial charge in [-0.25, -0.2) is 0 Å². The van der Waals surface area contributed by atoms with Gasteiger partial charge in [0.05, 0.1) is 23.9 Å². The van der Waals surface area contributed by atoms with Crippen molar-refractivity contribution in [3.05, 3.63) is 0 Å². The molecule has 2 aliphatic heterocycles. The molecule has 2 saturated heterocycles. The van der Waals surface area contributed by atoms with E-state index in [1.54, 1.807) is 0 Å². The number of ketones is 1. The van der Waals surface area contributed by atoms with Crippen LogP contribution in [-0.4, -0.2) is 40.9 Å². The number of ether oxygens (including phenoxy) is 2. The number of aliphatic hydroxyl groups is 1. The Kier molecular flexibility index (Phi) is 3.42. The molecule has 0 amide bonds. The smallest absolute Gasteiger partial charge is 0.138 e. The monoisotopic (exact) mass is 336 g/mol. The molecule has 0 aromatic carbocycles. The average molecular weight is 336 g/mol. The summed E-state index contributed by atoms with van der Waals surface area (Å²) in [6, 6.07) is 0. The van der Waals surface area contributed by atoms with E-state index >= 15 is 0 Å². The molecule has 4 fully saturated rings. The van der Waals surface area contributed by atoms with Gasteiger partial charge in [0.25, 0.3) is 0 Å². The number of rotatable bonds is 1. The number of hydrogen-bond acceptors (Lipinski definition) is 4. The van der Waals surface area contributed by atoms with Crippen LogP contribution in [0.1, 0.15) is 66.7 Å². The summed E-state index contributed by atoms with van der Waals surface area (Å²) >= 11 is 0. The lowest BCUT2D eigenvalue weighted by molar-refractivity contribution is -0.295. The van der Waals surface area contributed by atoms with Crippen LogP contribution < -0.4 is 0 Å². The van der Waals surface area contributed by atoms with Gasteiger partial charge in [-0.3, -0.25) is 4.79 Å². The predicted octanol–water partition coefficient (Wildman–Crippen LogP) is 3.11. The van der Waals surface area contributed by atoms with Crippen LogP contribution in [0.5, 0.6) is 0 Å². The minimum Gasteiger partial charge on any atom is -0.393 e. The fourth-order valence-corrected chi connectivity index (χ4v) is 6.91. The molecular formula is C20H32O4. The quantitative estimate of drug-likeness (QED) is 0.748. The maximum absolute atomic E-state index is 12.5. The summed E-state index contributed by atoms with van der Waals surface area (Å²) < 4.78 is 12.2. The summed E-state index contributed by atoms with van der Waals surface area (Å²) in [6.07, 6.45) is 3.77. The third-order valence-corrected chi connectivity index (χ3v) is 8.05. The Bertz CT molecular complexity index is 568. The Morgan fingerprint density at radius 3 is 2.38 bits per heavy atom. The Morgan fingerprint density at radius 2 is 1.75 bits per heavy atom. The first-order chi connectivity index (χ1) is 11.0. The van der Waals surface area contributed by atoms with Crippen molar-refractivity contribution in [1.29, 1.82) is 0 Å². The number of aliphatic hydroxyl groups excluding tert-OH is 1. The molecule has 2 aliphatic carbocycles. The summed E-state index contributed by atoms with van der Waals surface area (Å²) in [7, 11) is 0. The number of epoxide rings is 1. The fraction of sp³-hybridized carbons (Fsp3) is 0.950. The highest BCUT2D eigenvalue weighted by Crippen LogP contribution is 2.65. The van der Waals surface area contributed by atoms with Crippen molar-refractivity contribution in [3.63, 3.8) is 0 Å². The average Bonchev–Trinajstić information content (AvgIpc) is 3.26. The van der Waals surface area contributed by atoms with Gasteiger partial charge < -0.3 is 14.6 Å². The van der Waals surface area contributed by atoms with E-state index in [2.05, 4.69) is 34.6 Å². The zero-order chi connectivity index (χ0) is 17.5. The molecule has 4 aliphatic rings. The van der Waals surface area contributed by atoms with Crippen molar-refractivity contribution in [2.45, 2.75) is 90.1 Å². The first kappa shape index (κ1) is 17.0. The van der Waals surface area contributed by atoms with Crippen molar-refractivity contribution >= 4 is 5.78 Å². The Balaban J connectivity index is 1.72. The van der Waals surface area contributed by atoms with E-state index in [4.69, 9.17) is 9.47 Å². The Morgan fingerprint density at radius 1 is 1.08 bits per heavy atom. The zero-order valence-electron chi connectivity index (χ0n) is 15.7. The van der Waals surface area contributed by atoms with Gasteiger partial charge in [0.15, 0.2) is 0 Å². The topological polar surface area (TPSA) is 59.1 Å². The number of Topliss-reactive ketones (excluding diaryl/α,β-unsaturated/α-hetero) is 1. The van der Waals surface area contributed by atoms with E-state index in [9.17, 15) is 9.90 Å². The van der Waals surface area contributed by atoms with Crippen molar-refractivity contribution in [2.75, 3.05) is 6.61 Å². The molecule has 0 spiro atoms. The number of carbonyl (C=O) groups excluding carboxylic acids is 1. The van der Waals surface area contributed by atoms with Crippen LogP contribution in [0.2, 0.25) is 0 Å². The molecule has 1 N–H and O–H groups in total. The van der Waals surface area contributed by atoms with Gasteiger partial charge in [-0.1, -0.05) is 20.8 Å². The highest BCUT2D eigenvalue weighted by molar-refractivity contribution is 5.85. The second-order valence-electron chi connectivity index (χ2n) is 10.0. The summed E-state index contributed by atoms with van der Waals surface area (Å²) in [5.74, 6) is 0.795. The first-order valence-electron chi connectivity index (χ1n) is 9.56. The van der Waals surface area contributed by atoms with Gasteiger partial charge in [0, 0.05) is 24.2 Å². The van der Waals surface area contributed by atoms with Crippen molar-refractivity contribution in [3.8, 4) is 0 Å². The maximum Gasteiger partial charge on any atom is 0.138 e. The van der Waals surface area contributed by atoms with E-state index in [1.165, 1.54) is 0 Å². The zero-order valence-corrected chi connectivity index (χ0v) is 15.7. The van der Waals surface area contributed by atoms with Crippen LogP contribution in [0.25, 0.3) is 0 Å². The van der Waals surface area contributed by atoms with Crippen LogP contribution in [0.3, 0.4) is 0 Å². The molecule has 0 radical (unpaired) electrons. The molecule has 2 heterocycles. The largest absolute Gasteiger partial charge is 0.393 e. The van der Waals surface area contributed by atoms with Crippen LogP contribution >= 0.6 is 0 Å². The van der Waals surface area contributed by atoms with Gasteiger partial charge in [-0.15, -0.1) is 0 Å². The van der Waals surface area contributed by atoms with Crippen molar-refractivity contribution in [1.82, 2.24) is 0 Å². The van der Waals surface area contributed by atoms with E-state index in [-0.39, 0.29) is 34.1 Å². The fourth-order valence-electron chi connectivity index (χ4n) is 6.91. The number of hydrogen-bond donors (Lipinski definition) is 1. The van der Waals surface area contributed by atoms with E-state index in [1.807, 2.05) is 0 Å². The van der Waals surface area contributed by atoms with Gasteiger partial charge >= 0.3 is 0 Å². The Hall–Kier alpha value is -0.450. The van der Waals surface area contributed by atoms with Gasteiger partial charge in [-0.2, -0.15) is 0 Å². The molecule has 2 saturated carbocycles. The molecule has 4 heteroatoms. The summed E-state index contributed by atoms with van der Waals surface area (Å²) in [4.78, 5) is 12.5. The van der Waals surface area contributed by atoms with Crippen molar-refractivity contribution < 1.29 is 19.4 Å². The third kappa shape index (κ3) is 2.12. The van der Waals surface area contributed by atoms with Gasteiger partial charge in [0.2, 0.25) is 0 Å². The van der Waals surface area contributed by atoms with E-state index in [0.717, 1.165) is 25.9 Å². The highest BCUT2D eigenvalue weighted by Gasteiger charge is 2.67. The molecule has 0 bridgehead atoms. The standard InChI is InChI=1S/C20H32O4/c1-17(2)13-6-9-19(4)16(18(13,3)8-7-14(17)22)12(21)10-20(5,24-19)15-11-23-15/h12-13,15-16,21H,6-11H2,1-5H3/t12-,13+,15+,16-,18+,19-,20+/m0/s1. The molecular weight excluding hydrogens is 304 g/mol. The van der Waals surface area contributed by atoms with Crippen LogP contribution in [0.15, 0.2) is 0 Å². The highest BCUT2D eigenvalue weighted by atomic mass is 16.6. The molecule has 0 aromatic heterocycles. The normalized spacial score (nSPS) is 56.3. The van der Waals surface area contributed by atoms with Gasteiger partial charge in [0.1, 0.15) is 11.9 Å². The van der Waals surface area contributed by atoms with E-state index < -0.39 is 6.10 Å². The lowest BCUT2D eigenvalue weighted by Crippen LogP contribution is -2.68. The second-order valence-corrected chi connectivity index (χ2v) is 10.0. The molecule has 136 valence electrons. The van der Waals surface area contributed by atoms with Crippen LogP contribution in [0, 0.1) is 22.7 Å². The molecule has 0 unspecified atom stereocenters. The predicted molar refractivity (Wildman–Crippen MR) is 90.6 cm³/mol. The second kappa shape index (κ2) is 4.83. The molecule has 24 heavy (non-hydrogen) atoms. The third-order valence-electron chi connectivity index (χ3n) is 8.05. The SMILES string of the molecule is CC1(C)C(=O)CC[C@]2(C)[C@@H]1CC[C@]1(C)O[C@@](C)([C@H]3CO3)C[C@H](O)[C@@H]21. The Labute approximate surface area is 145 Å². The van der Waals surface area contributed by atoms with Crippen molar-refractivity contribution in [2.24, 2.45) is 22.7 Å². The van der Waals surface area contributed by atoms with Crippen LogP contribution in [0.4, 0.5) is 0 Å². The minimum atomic E-state index is -0.394. The lowest BCUT2D eigenvalue weighted by atomic mass is 9.43. The summed E-state index contributed by atoms with van der Waals surface area (Å²) in [5.41, 5.74) is -1.06. The first-order valence-corrected chi connectivity index (χ1v) is 9.56. The minimum absolute atomic E-state index is 0.0461. The summed E-state index contributed by atoms with van der Waals surface area (Å²) in [5, 5.41) is 11.2. The molecule has 4 nitrogen and oxygen atoms in total. The van der Waals surface area contributed by atoms with E-state index in [0.29, 0.717) is 24.5 Å². The number of fused-ring (bicyclic) bond motifs is 3. The lowest BCUT2D eigenvalue weighted by Gasteiger charge is -2.65. The number of carbonyl (C=O) groups is 1.